The van der Waals surface area contributed by atoms with Crippen LogP contribution in [0.1, 0.15) is 30.8 Å². The Kier molecular flexibility index (Phi) is 3.34. The highest BCUT2D eigenvalue weighted by Gasteiger charge is 2.38. The third kappa shape index (κ3) is 2.36. The van der Waals surface area contributed by atoms with Gasteiger partial charge in [-0.15, -0.1) is 0 Å². The van der Waals surface area contributed by atoms with E-state index in [0.29, 0.717) is 18.0 Å². The van der Waals surface area contributed by atoms with Crippen LogP contribution in [-0.2, 0) is 4.74 Å². The van der Waals surface area contributed by atoms with Gasteiger partial charge in [-0.3, -0.25) is 4.79 Å². The largest absolute Gasteiger partial charge is 0.451 e. The first-order valence-corrected chi connectivity index (χ1v) is 7.40. The monoisotopic (exact) mass is 337 g/mol. The number of rotatable bonds is 2. The van der Waals surface area contributed by atoms with Crippen molar-refractivity contribution in [1.29, 1.82) is 0 Å². The van der Waals surface area contributed by atoms with E-state index in [2.05, 4.69) is 21.2 Å². The molecule has 1 aromatic carbocycles. The molecule has 2 atom stereocenters. The first-order chi connectivity index (χ1) is 9.48. The maximum atomic E-state index is 12.3. The smallest absolute Gasteiger partial charge is 0.287 e. The van der Waals surface area contributed by atoms with Crippen LogP contribution in [0.25, 0.3) is 11.0 Å². The first kappa shape index (κ1) is 13.6. The molecule has 1 aliphatic heterocycles. The maximum Gasteiger partial charge on any atom is 0.287 e. The van der Waals surface area contributed by atoms with E-state index in [9.17, 15) is 4.79 Å². The number of halogens is 1. The van der Waals surface area contributed by atoms with Crippen molar-refractivity contribution in [2.24, 2.45) is 0 Å². The Labute approximate surface area is 125 Å². The number of furan rings is 1. The van der Waals surface area contributed by atoms with Crippen LogP contribution in [-0.4, -0.2) is 24.2 Å². The fourth-order valence-electron chi connectivity index (χ4n) is 2.45. The van der Waals surface area contributed by atoms with Gasteiger partial charge >= 0.3 is 0 Å². The number of ether oxygens (including phenoxy) is 1. The number of fused-ring (bicyclic) bond motifs is 1. The molecule has 2 aromatic rings. The maximum absolute atomic E-state index is 12.3. The summed E-state index contributed by atoms with van der Waals surface area (Å²) in [6, 6.07) is 7.43. The van der Waals surface area contributed by atoms with Gasteiger partial charge < -0.3 is 14.5 Å². The van der Waals surface area contributed by atoms with Crippen LogP contribution in [0.3, 0.4) is 0 Å². The van der Waals surface area contributed by atoms with E-state index < -0.39 is 0 Å². The minimum Gasteiger partial charge on any atom is -0.451 e. The summed E-state index contributed by atoms with van der Waals surface area (Å²) in [6.45, 7) is 4.65. The van der Waals surface area contributed by atoms with Gasteiger partial charge in [0.25, 0.3) is 5.91 Å². The average Bonchev–Trinajstić information content (AvgIpc) is 2.94. The van der Waals surface area contributed by atoms with Crippen molar-refractivity contribution in [3.05, 3.63) is 34.5 Å². The third-order valence-corrected chi connectivity index (χ3v) is 4.48. The van der Waals surface area contributed by atoms with Crippen LogP contribution in [0.2, 0.25) is 0 Å². The molecule has 1 aromatic heterocycles. The molecular weight excluding hydrogens is 322 g/mol. The summed E-state index contributed by atoms with van der Waals surface area (Å²) in [7, 11) is 0. The Morgan fingerprint density at radius 1 is 1.45 bits per heavy atom. The zero-order chi connectivity index (χ0) is 14.3. The van der Waals surface area contributed by atoms with E-state index in [0.717, 1.165) is 16.3 Å². The van der Waals surface area contributed by atoms with Gasteiger partial charge in [0, 0.05) is 16.5 Å². The van der Waals surface area contributed by atoms with Crippen LogP contribution >= 0.6 is 15.9 Å². The number of benzene rings is 1. The molecule has 1 N–H and O–H groups in total. The highest BCUT2D eigenvalue weighted by molar-refractivity contribution is 9.10. The lowest BCUT2D eigenvalue weighted by molar-refractivity contribution is 0.0710. The molecule has 20 heavy (non-hydrogen) atoms. The summed E-state index contributed by atoms with van der Waals surface area (Å²) < 4.78 is 12.1. The standard InChI is InChI=1S/C15H16BrNO3/c1-9-15(2,5-6-19-9)17-14(18)13-8-10-7-11(16)3-4-12(10)20-13/h3-4,7-9H,5-6H2,1-2H3,(H,17,18). The van der Waals surface area contributed by atoms with Crippen molar-refractivity contribution in [3.63, 3.8) is 0 Å². The predicted octanol–water partition coefficient (Wildman–Crippen LogP) is 3.49. The predicted molar refractivity (Wildman–Crippen MR) is 79.8 cm³/mol. The highest BCUT2D eigenvalue weighted by Crippen LogP contribution is 2.27. The van der Waals surface area contributed by atoms with Crippen LogP contribution in [0.5, 0.6) is 0 Å². The Hall–Kier alpha value is -1.33. The molecule has 0 bridgehead atoms. The lowest BCUT2D eigenvalue weighted by atomic mass is 9.94. The summed E-state index contributed by atoms with van der Waals surface area (Å²) in [5.41, 5.74) is 0.371. The second kappa shape index (κ2) is 4.90. The lowest BCUT2D eigenvalue weighted by Gasteiger charge is -2.28. The van der Waals surface area contributed by atoms with Crippen molar-refractivity contribution in [2.45, 2.75) is 31.9 Å². The molecule has 1 amide bonds. The summed E-state index contributed by atoms with van der Waals surface area (Å²) in [4.78, 5) is 12.3. The molecule has 0 radical (unpaired) electrons. The molecule has 5 heteroatoms. The van der Waals surface area contributed by atoms with Gasteiger partial charge in [0.05, 0.1) is 11.6 Å². The van der Waals surface area contributed by atoms with Gasteiger partial charge in [0.15, 0.2) is 5.76 Å². The van der Waals surface area contributed by atoms with E-state index in [1.165, 1.54) is 0 Å². The van der Waals surface area contributed by atoms with E-state index in [-0.39, 0.29) is 17.6 Å². The molecular formula is C15H16BrNO3. The zero-order valence-corrected chi connectivity index (χ0v) is 13.0. The molecule has 1 fully saturated rings. The Balaban J connectivity index is 1.85. The fraction of sp³-hybridized carbons (Fsp3) is 0.400. The molecule has 0 saturated carbocycles. The zero-order valence-electron chi connectivity index (χ0n) is 11.4. The number of carbonyl (C=O) groups is 1. The molecule has 2 heterocycles. The number of nitrogens with one attached hydrogen (secondary N) is 1. The van der Waals surface area contributed by atoms with Gasteiger partial charge in [-0.05, 0) is 44.5 Å². The number of carbonyl (C=O) groups excluding carboxylic acids is 1. The summed E-state index contributed by atoms with van der Waals surface area (Å²) >= 11 is 3.41. The fourth-order valence-corrected chi connectivity index (χ4v) is 2.82. The van der Waals surface area contributed by atoms with Crippen molar-refractivity contribution < 1.29 is 13.9 Å². The van der Waals surface area contributed by atoms with E-state index in [4.69, 9.17) is 9.15 Å². The van der Waals surface area contributed by atoms with Crippen LogP contribution in [0, 0.1) is 0 Å². The minimum atomic E-state index is -0.337. The Morgan fingerprint density at radius 2 is 2.25 bits per heavy atom. The molecule has 2 unspecified atom stereocenters. The number of hydrogen-bond donors (Lipinski definition) is 1. The second-order valence-corrected chi connectivity index (χ2v) is 6.34. The molecule has 1 saturated heterocycles. The normalized spacial score (nSPS) is 26.1. The highest BCUT2D eigenvalue weighted by atomic mass is 79.9. The van der Waals surface area contributed by atoms with E-state index >= 15 is 0 Å². The summed E-state index contributed by atoms with van der Waals surface area (Å²) in [6.07, 6.45) is 0.816. The quantitative estimate of drug-likeness (QED) is 0.912. The molecule has 0 spiro atoms. The van der Waals surface area contributed by atoms with Gasteiger partial charge in [-0.2, -0.15) is 0 Å². The Bertz CT molecular complexity index is 666. The summed E-state index contributed by atoms with van der Waals surface area (Å²) in [5.74, 6) is 0.135. The van der Waals surface area contributed by atoms with Crippen molar-refractivity contribution in [1.82, 2.24) is 5.32 Å². The topological polar surface area (TPSA) is 51.5 Å². The van der Waals surface area contributed by atoms with Crippen LogP contribution in [0.15, 0.2) is 33.2 Å². The van der Waals surface area contributed by atoms with Crippen LogP contribution < -0.4 is 5.32 Å². The lowest BCUT2D eigenvalue weighted by Crippen LogP contribution is -2.50. The van der Waals surface area contributed by atoms with Gasteiger partial charge in [-0.1, -0.05) is 15.9 Å². The molecule has 4 nitrogen and oxygen atoms in total. The second-order valence-electron chi connectivity index (χ2n) is 5.43. The molecule has 1 aliphatic rings. The number of amides is 1. The van der Waals surface area contributed by atoms with E-state index in [1.807, 2.05) is 32.0 Å². The van der Waals surface area contributed by atoms with E-state index in [1.54, 1.807) is 6.07 Å². The number of hydrogen-bond acceptors (Lipinski definition) is 3. The molecule has 106 valence electrons. The van der Waals surface area contributed by atoms with Gasteiger partial charge in [-0.25, -0.2) is 0 Å². The SMILES string of the molecule is CC1OCCC1(C)NC(=O)c1cc2cc(Br)ccc2o1. The third-order valence-electron chi connectivity index (χ3n) is 3.99. The average molecular weight is 338 g/mol. The molecule has 3 rings (SSSR count). The van der Waals surface area contributed by atoms with Crippen LogP contribution in [0.4, 0.5) is 0 Å². The Morgan fingerprint density at radius 3 is 2.95 bits per heavy atom. The van der Waals surface area contributed by atoms with Crippen molar-refractivity contribution in [2.75, 3.05) is 6.61 Å². The van der Waals surface area contributed by atoms with Gasteiger partial charge in [0.2, 0.25) is 0 Å². The van der Waals surface area contributed by atoms with Crippen molar-refractivity contribution >= 4 is 32.8 Å². The van der Waals surface area contributed by atoms with Crippen molar-refractivity contribution in [3.8, 4) is 0 Å². The minimum absolute atomic E-state index is 0.00460. The molecule has 0 aliphatic carbocycles. The van der Waals surface area contributed by atoms with Gasteiger partial charge in [0.1, 0.15) is 5.58 Å². The first-order valence-electron chi connectivity index (χ1n) is 6.61. The summed E-state index contributed by atoms with van der Waals surface area (Å²) in [5, 5.41) is 3.94.